The van der Waals surface area contributed by atoms with Crippen LogP contribution >= 0.6 is 0 Å². The molecule has 63 heavy (non-hydrogen) atoms. The zero-order valence-electron chi connectivity index (χ0n) is 33.9. The molecule has 0 radical (unpaired) electrons. The molecular formula is C57H35N5O. The number of nitrogens with zero attached hydrogens (tertiary/aromatic N) is 5. The van der Waals surface area contributed by atoms with Crippen LogP contribution in [0.4, 0.5) is 0 Å². The fraction of sp³-hybridized carbons (Fsp3) is 0. The number of furan rings is 1. The van der Waals surface area contributed by atoms with Gasteiger partial charge in [0.15, 0.2) is 11.6 Å². The van der Waals surface area contributed by atoms with Crippen molar-refractivity contribution >= 4 is 65.6 Å². The average Bonchev–Trinajstić information content (AvgIpc) is 4.02. The third-order valence-corrected chi connectivity index (χ3v) is 12.4. The molecule has 0 atom stereocenters. The van der Waals surface area contributed by atoms with E-state index in [0.717, 1.165) is 88.1 Å². The van der Waals surface area contributed by atoms with Gasteiger partial charge in [0.2, 0.25) is 5.95 Å². The molecular weight excluding hydrogens is 771 g/mol. The van der Waals surface area contributed by atoms with Crippen molar-refractivity contribution in [2.45, 2.75) is 0 Å². The highest BCUT2D eigenvalue weighted by molar-refractivity contribution is 6.23. The van der Waals surface area contributed by atoms with Gasteiger partial charge in [-0.3, -0.25) is 4.57 Å². The number of fused-ring (bicyclic) bond motifs is 10. The molecule has 0 aliphatic rings. The summed E-state index contributed by atoms with van der Waals surface area (Å²) in [5.41, 5.74) is 13.3. The zero-order chi connectivity index (χ0) is 41.4. The quantitative estimate of drug-likeness (QED) is 0.168. The third kappa shape index (κ3) is 5.55. The maximum atomic E-state index is 6.59. The predicted octanol–water partition coefficient (Wildman–Crippen LogP) is 14.6. The van der Waals surface area contributed by atoms with Crippen molar-refractivity contribution in [1.29, 1.82) is 0 Å². The summed E-state index contributed by atoms with van der Waals surface area (Å²) in [6.07, 6.45) is 0. The van der Waals surface area contributed by atoms with Gasteiger partial charge in [-0.2, -0.15) is 9.97 Å². The fourth-order valence-electron chi connectivity index (χ4n) is 9.53. The normalized spacial score (nSPS) is 11.8. The highest BCUT2D eigenvalue weighted by Crippen LogP contribution is 2.43. The van der Waals surface area contributed by atoms with E-state index in [1.807, 2.05) is 36.4 Å². The summed E-state index contributed by atoms with van der Waals surface area (Å²) in [7, 11) is 0. The van der Waals surface area contributed by atoms with Crippen molar-refractivity contribution in [3.05, 3.63) is 212 Å². The largest absolute Gasteiger partial charge is 0.456 e. The first kappa shape index (κ1) is 35.2. The molecule has 4 heterocycles. The molecule has 6 nitrogen and oxygen atoms in total. The third-order valence-electron chi connectivity index (χ3n) is 12.4. The van der Waals surface area contributed by atoms with E-state index < -0.39 is 0 Å². The fourth-order valence-corrected chi connectivity index (χ4v) is 9.53. The van der Waals surface area contributed by atoms with Gasteiger partial charge in [-0.05, 0) is 64.7 Å². The van der Waals surface area contributed by atoms with E-state index in [1.165, 1.54) is 16.5 Å². The lowest BCUT2D eigenvalue weighted by Crippen LogP contribution is -2.07. The molecule has 0 unspecified atom stereocenters. The smallest absolute Gasteiger partial charge is 0.238 e. The Bertz CT molecular complexity index is 3890. The maximum absolute atomic E-state index is 6.59. The summed E-state index contributed by atoms with van der Waals surface area (Å²) < 4.78 is 11.2. The number of hydrogen-bond acceptors (Lipinski definition) is 4. The van der Waals surface area contributed by atoms with Crippen molar-refractivity contribution in [2.24, 2.45) is 0 Å². The Labute approximate surface area is 361 Å². The lowest BCUT2D eigenvalue weighted by atomic mass is 10.0. The summed E-state index contributed by atoms with van der Waals surface area (Å²) in [5.74, 6) is 1.68. The SMILES string of the molecule is c1ccc(-c2ccc(-n3c4ccccc4c4ccc5c6ccccc6n(-c6nc(-c7ccccc7)nc(-c7cccc8oc9cc(-c%10ccccc%10)ccc9c78)n6)c5c43)cc2)cc1. The lowest BCUT2D eigenvalue weighted by molar-refractivity contribution is 0.669. The number of para-hydroxylation sites is 2. The Morgan fingerprint density at radius 3 is 1.54 bits per heavy atom. The van der Waals surface area contributed by atoms with Gasteiger partial charge in [-0.25, -0.2) is 4.98 Å². The predicted molar refractivity (Wildman–Crippen MR) is 258 cm³/mol. The molecule has 0 saturated heterocycles. The molecule has 0 N–H and O–H groups in total. The Morgan fingerprint density at radius 1 is 0.333 bits per heavy atom. The van der Waals surface area contributed by atoms with Crippen molar-refractivity contribution in [1.82, 2.24) is 24.1 Å². The van der Waals surface area contributed by atoms with Crippen molar-refractivity contribution in [3.8, 4) is 56.7 Å². The summed E-state index contributed by atoms with van der Waals surface area (Å²) in [4.78, 5) is 16.1. The minimum atomic E-state index is 0.532. The summed E-state index contributed by atoms with van der Waals surface area (Å²) >= 11 is 0. The van der Waals surface area contributed by atoms with Gasteiger partial charge in [0.25, 0.3) is 0 Å². The topological polar surface area (TPSA) is 61.7 Å². The van der Waals surface area contributed by atoms with Crippen LogP contribution in [0.3, 0.4) is 0 Å². The molecule has 0 aliphatic carbocycles. The molecule has 6 heteroatoms. The van der Waals surface area contributed by atoms with E-state index in [4.69, 9.17) is 19.4 Å². The van der Waals surface area contributed by atoms with Crippen LogP contribution in [0.1, 0.15) is 0 Å². The highest BCUT2D eigenvalue weighted by Gasteiger charge is 2.24. The monoisotopic (exact) mass is 805 g/mol. The molecule has 0 fully saturated rings. The second-order valence-corrected chi connectivity index (χ2v) is 16.0. The van der Waals surface area contributed by atoms with Crippen LogP contribution in [0.5, 0.6) is 0 Å². The Kier molecular flexibility index (Phi) is 7.80. The highest BCUT2D eigenvalue weighted by atomic mass is 16.3. The van der Waals surface area contributed by atoms with E-state index >= 15 is 0 Å². The van der Waals surface area contributed by atoms with Gasteiger partial charge in [0.05, 0.1) is 22.1 Å². The Balaban J connectivity index is 1.10. The molecule has 294 valence electrons. The number of benzene rings is 9. The van der Waals surface area contributed by atoms with Crippen LogP contribution in [0, 0.1) is 0 Å². The van der Waals surface area contributed by atoms with E-state index in [9.17, 15) is 0 Å². The first-order valence-corrected chi connectivity index (χ1v) is 21.2. The van der Waals surface area contributed by atoms with Crippen LogP contribution in [0.25, 0.3) is 122 Å². The van der Waals surface area contributed by atoms with Crippen LogP contribution < -0.4 is 0 Å². The van der Waals surface area contributed by atoms with Crippen LogP contribution in [-0.2, 0) is 0 Å². The van der Waals surface area contributed by atoms with E-state index in [2.05, 4.69) is 185 Å². The lowest BCUT2D eigenvalue weighted by Gasteiger charge is -2.14. The average molecular weight is 806 g/mol. The minimum Gasteiger partial charge on any atom is -0.456 e. The van der Waals surface area contributed by atoms with E-state index in [0.29, 0.717) is 17.6 Å². The maximum Gasteiger partial charge on any atom is 0.238 e. The minimum absolute atomic E-state index is 0.532. The second kappa shape index (κ2) is 14.0. The van der Waals surface area contributed by atoms with Crippen LogP contribution in [0.15, 0.2) is 217 Å². The summed E-state index contributed by atoms with van der Waals surface area (Å²) in [6.45, 7) is 0. The van der Waals surface area contributed by atoms with Crippen LogP contribution in [-0.4, -0.2) is 24.1 Å². The number of hydrogen-bond donors (Lipinski definition) is 0. The molecule has 0 saturated carbocycles. The molecule has 0 spiro atoms. The van der Waals surface area contributed by atoms with E-state index in [-0.39, 0.29) is 0 Å². The van der Waals surface area contributed by atoms with Crippen LogP contribution in [0.2, 0.25) is 0 Å². The molecule has 4 aromatic heterocycles. The molecule has 13 rings (SSSR count). The summed E-state index contributed by atoms with van der Waals surface area (Å²) in [5, 5.41) is 6.52. The first-order valence-electron chi connectivity index (χ1n) is 21.2. The second-order valence-electron chi connectivity index (χ2n) is 16.0. The molecule has 0 amide bonds. The molecule has 0 bridgehead atoms. The Morgan fingerprint density at radius 2 is 0.857 bits per heavy atom. The van der Waals surface area contributed by atoms with Crippen molar-refractivity contribution in [2.75, 3.05) is 0 Å². The van der Waals surface area contributed by atoms with Gasteiger partial charge in [0, 0.05) is 49.1 Å². The van der Waals surface area contributed by atoms with E-state index in [1.54, 1.807) is 0 Å². The van der Waals surface area contributed by atoms with Crippen molar-refractivity contribution in [3.63, 3.8) is 0 Å². The van der Waals surface area contributed by atoms with Gasteiger partial charge >= 0.3 is 0 Å². The molecule has 13 aromatic rings. The Hall–Kier alpha value is -8.61. The van der Waals surface area contributed by atoms with Crippen molar-refractivity contribution < 1.29 is 4.42 Å². The molecule has 0 aliphatic heterocycles. The standard InChI is InChI=1S/C57H35N5O/c1-4-15-36(16-5-1)38-27-30-41(31-28-38)61-48-24-12-10-21-42(48)44-33-34-45-43-22-11-13-25-49(43)62(54(45)53(44)61)57-59-55(39-19-8-3-9-20-39)58-56(60-57)47-23-14-26-50-52(47)46-32-29-40(35-51(46)63-50)37-17-6-2-7-18-37/h1-35H. The zero-order valence-corrected chi connectivity index (χ0v) is 33.9. The number of rotatable bonds is 6. The van der Waals surface area contributed by atoms with Gasteiger partial charge in [-0.15, -0.1) is 0 Å². The number of aromatic nitrogens is 5. The van der Waals surface area contributed by atoms with Gasteiger partial charge < -0.3 is 8.98 Å². The molecule has 9 aromatic carbocycles. The van der Waals surface area contributed by atoms with Gasteiger partial charge in [0.1, 0.15) is 11.2 Å². The first-order chi connectivity index (χ1) is 31.2. The summed E-state index contributed by atoms with van der Waals surface area (Å²) in [6, 6.07) is 74.4. The van der Waals surface area contributed by atoms with Gasteiger partial charge in [-0.1, -0.05) is 170 Å².